The Hall–Kier alpha value is -4.84. The molecule has 0 bridgehead atoms. The molecule has 5 aromatic rings. The van der Waals surface area contributed by atoms with Crippen molar-refractivity contribution in [2.45, 2.75) is 26.7 Å². The van der Waals surface area contributed by atoms with Crippen molar-refractivity contribution >= 4 is 10.8 Å². The first kappa shape index (κ1) is 30.6. The highest BCUT2D eigenvalue weighted by molar-refractivity contribution is 5.90. The monoisotopic (exact) mass is 610 g/mol. The standard InChI is InChI=1S/C35H22F8O/c1-3-4-9-44-23-6-8-24(29(38)17-23)20-11-22-16-27(36)25(34(42)33(22)30(39)13-20)7-5-19-12-28(37)26(10-18(19)2)21-14-31(40)35(43)32(41)15-21/h6,8,10-17H,3-4,9H2,1-2H3. The molecule has 0 aliphatic rings. The summed E-state index contributed by atoms with van der Waals surface area (Å²) in [6, 6.07) is 10.5. The van der Waals surface area contributed by atoms with Crippen LogP contribution in [-0.4, -0.2) is 6.61 Å². The lowest BCUT2D eigenvalue weighted by molar-refractivity contribution is 0.308. The molecule has 0 atom stereocenters. The topological polar surface area (TPSA) is 9.23 Å². The highest BCUT2D eigenvalue weighted by atomic mass is 19.2. The molecule has 0 aliphatic carbocycles. The van der Waals surface area contributed by atoms with E-state index in [1.807, 2.05) is 6.92 Å². The van der Waals surface area contributed by atoms with Gasteiger partial charge in [-0.3, -0.25) is 0 Å². The van der Waals surface area contributed by atoms with Gasteiger partial charge < -0.3 is 4.74 Å². The molecular weight excluding hydrogens is 588 g/mol. The van der Waals surface area contributed by atoms with Gasteiger partial charge in [0.2, 0.25) is 0 Å². The lowest BCUT2D eigenvalue weighted by Crippen LogP contribution is -1.98. The van der Waals surface area contributed by atoms with Gasteiger partial charge in [-0.25, -0.2) is 35.1 Å². The first-order valence-electron chi connectivity index (χ1n) is 13.5. The third kappa shape index (κ3) is 5.98. The van der Waals surface area contributed by atoms with Crippen molar-refractivity contribution in [2.24, 2.45) is 0 Å². The summed E-state index contributed by atoms with van der Waals surface area (Å²) in [5, 5.41) is -0.744. The third-order valence-electron chi connectivity index (χ3n) is 7.03. The lowest BCUT2D eigenvalue weighted by atomic mass is 9.97. The van der Waals surface area contributed by atoms with Crippen LogP contribution in [0.25, 0.3) is 33.0 Å². The van der Waals surface area contributed by atoms with Gasteiger partial charge in [0.15, 0.2) is 23.3 Å². The maximum absolute atomic E-state index is 15.4. The molecule has 0 radical (unpaired) electrons. The average molecular weight is 611 g/mol. The van der Waals surface area contributed by atoms with Crippen molar-refractivity contribution in [3.8, 4) is 39.8 Å². The fraction of sp³-hybridized carbons (Fsp3) is 0.143. The van der Waals surface area contributed by atoms with E-state index in [0.29, 0.717) is 24.5 Å². The molecule has 1 nitrogen and oxygen atoms in total. The smallest absolute Gasteiger partial charge is 0.194 e. The number of ether oxygens (including phenoxy) is 1. The highest BCUT2D eigenvalue weighted by Gasteiger charge is 2.19. The Kier molecular flexibility index (Phi) is 8.63. The Morgan fingerprint density at radius 2 is 1.27 bits per heavy atom. The second kappa shape index (κ2) is 12.4. The van der Waals surface area contributed by atoms with Gasteiger partial charge in [-0.2, -0.15) is 0 Å². The first-order valence-corrected chi connectivity index (χ1v) is 13.5. The lowest BCUT2D eigenvalue weighted by Gasteiger charge is -2.11. The summed E-state index contributed by atoms with van der Waals surface area (Å²) < 4.78 is 122. The quantitative estimate of drug-likeness (QED) is 0.0805. The van der Waals surface area contributed by atoms with Gasteiger partial charge in [-0.05, 0) is 90.0 Å². The van der Waals surface area contributed by atoms with E-state index >= 15 is 13.2 Å². The fourth-order valence-corrected chi connectivity index (χ4v) is 4.71. The molecule has 224 valence electrons. The Bertz CT molecular complexity index is 1970. The van der Waals surface area contributed by atoms with E-state index < -0.39 is 57.5 Å². The van der Waals surface area contributed by atoms with Crippen LogP contribution in [0.3, 0.4) is 0 Å². The number of hydrogen-bond acceptors (Lipinski definition) is 1. The number of fused-ring (bicyclic) bond motifs is 1. The molecule has 44 heavy (non-hydrogen) atoms. The number of unbranched alkanes of at least 4 members (excludes halogenated alkanes) is 1. The zero-order valence-corrected chi connectivity index (χ0v) is 23.3. The van der Waals surface area contributed by atoms with Crippen LogP contribution >= 0.6 is 0 Å². The van der Waals surface area contributed by atoms with Crippen LogP contribution in [0.2, 0.25) is 0 Å². The van der Waals surface area contributed by atoms with E-state index in [4.69, 9.17) is 4.74 Å². The van der Waals surface area contributed by atoms with Gasteiger partial charge in [-0.15, -0.1) is 0 Å². The maximum Gasteiger partial charge on any atom is 0.194 e. The molecule has 0 saturated heterocycles. The van der Waals surface area contributed by atoms with Crippen molar-refractivity contribution in [2.75, 3.05) is 6.61 Å². The molecule has 9 heteroatoms. The number of hydrogen-bond donors (Lipinski definition) is 0. The minimum Gasteiger partial charge on any atom is -0.493 e. The molecule has 0 unspecified atom stereocenters. The first-order chi connectivity index (χ1) is 21.0. The Labute approximate surface area is 247 Å². The molecule has 5 rings (SSSR count). The molecule has 0 aliphatic heterocycles. The molecular formula is C35H22F8O. The molecule has 0 heterocycles. The molecule has 5 aromatic carbocycles. The molecule has 0 aromatic heterocycles. The van der Waals surface area contributed by atoms with E-state index in [1.165, 1.54) is 31.2 Å². The number of rotatable bonds is 6. The second-order valence-corrected chi connectivity index (χ2v) is 10.1. The van der Waals surface area contributed by atoms with Crippen LogP contribution in [0.4, 0.5) is 35.1 Å². The van der Waals surface area contributed by atoms with Crippen molar-refractivity contribution in [3.05, 3.63) is 124 Å². The zero-order valence-electron chi connectivity index (χ0n) is 23.3. The van der Waals surface area contributed by atoms with Crippen molar-refractivity contribution in [1.29, 1.82) is 0 Å². The van der Waals surface area contributed by atoms with Crippen LogP contribution in [0.5, 0.6) is 5.75 Å². The van der Waals surface area contributed by atoms with Gasteiger partial charge >= 0.3 is 0 Å². The Morgan fingerprint density at radius 3 is 1.95 bits per heavy atom. The fourth-order valence-electron chi connectivity index (χ4n) is 4.71. The van der Waals surface area contributed by atoms with Crippen LogP contribution in [0.1, 0.15) is 36.5 Å². The summed E-state index contributed by atoms with van der Waals surface area (Å²) >= 11 is 0. The van der Waals surface area contributed by atoms with E-state index in [-0.39, 0.29) is 38.8 Å². The predicted molar refractivity (Wildman–Crippen MR) is 152 cm³/mol. The molecule has 0 amide bonds. The summed E-state index contributed by atoms with van der Waals surface area (Å²) in [5.74, 6) is -4.87. The summed E-state index contributed by atoms with van der Waals surface area (Å²) in [7, 11) is 0. The summed E-state index contributed by atoms with van der Waals surface area (Å²) in [4.78, 5) is 0. The largest absolute Gasteiger partial charge is 0.493 e. The molecule has 0 fully saturated rings. The number of benzene rings is 5. The summed E-state index contributed by atoms with van der Waals surface area (Å²) in [6.07, 6.45) is 1.68. The highest BCUT2D eigenvalue weighted by Crippen LogP contribution is 2.34. The van der Waals surface area contributed by atoms with E-state index in [1.54, 1.807) is 0 Å². The Morgan fingerprint density at radius 1 is 0.614 bits per heavy atom. The summed E-state index contributed by atoms with van der Waals surface area (Å²) in [6.45, 7) is 3.86. The zero-order chi connectivity index (χ0) is 31.7. The Balaban J connectivity index is 1.50. The number of aryl methyl sites for hydroxylation is 1. The van der Waals surface area contributed by atoms with E-state index in [2.05, 4.69) is 11.8 Å². The summed E-state index contributed by atoms with van der Waals surface area (Å²) in [5.41, 5.74) is -0.971. The minimum atomic E-state index is -1.70. The van der Waals surface area contributed by atoms with Gasteiger partial charge in [-0.1, -0.05) is 25.2 Å². The average Bonchev–Trinajstić information content (AvgIpc) is 2.96. The maximum atomic E-state index is 15.4. The third-order valence-corrected chi connectivity index (χ3v) is 7.03. The van der Waals surface area contributed by atoms with Crippen molar-refractivity contribution in [3.63, 3.8) is 0 Å². The van der Waals surface area contributed by atoms with Gasteiger partial charge in [0.25, 0.3) is 0 Å². The minimum absolute atomic E-state index is 0.00499. The van der Waals surface area contributed by atoms with Gasteiger partial charge in [0.05, 0.1) is 17.6 Å². The SMILES string of the molecule is CCCCOc1ccc(-c2cc(F)c3c(F)c(C#Cc4cc(F)c(-c5cc(F)c(F)c(F)c5)cc4C)c(F)cc3c2)c(F)c1. The van der Waals surface area contributed by atoms with Crippen LogP contribution in [-0.2, 0) is 0 Å². The van der Waals surface area contributed by atoms with Gasteiger partial charge in [0, 0.05) is 22.8 Å². The van der Waals surface area contributed by atoms with Crippen molar-refractivity contribution < 1.29 is 39.9 Å². The normalized spacial score (nSPS) is 11.0. The molecule has 0 saturated carbocycles. The van der Waals surface area contributed by atoms with Gasteiger partial charge in [0.1, 0.15) is 29.0 Å². The van der Waals surface area contributed by atoms with E-state index in [9.17, 15) is 22.0 Å². The molecule has 0 spiro atoms. The van der Waals surface area contributed by atoms with Crippen LogP contribution < -0.4 is 4.74 Å². The molecule has 0 N–H and O–H groups in total. The predicted octanol–water partition coefficient (Wildman–Crippen LogP) is 10.2. The second-order valence-electron chi connectivity index (χ2n) is 10.1. The van der Waals surface area contributed by atoms with E-state index in [0.717, 1.165) is 37.1 Å². The van der Waals surface area contributed by atoms with Crippen LogP contribution in [0, 0.1) is 65.3 Å². The van der Waals surface area contributed by atoms with Crippen LogP contribution in [0.15, 0.2) is 60.7 Å². The van der Waals surface area contributed by atoms with Crippen molar-refractivity contribution in [1.82, 2.24) is 0 Å². The number of halogens is 8.